The first-order chi connectivity index (χ1) is 8.84. The van der Waals surface area contributed by atoms with E-state index >= 15 is 0 Å². The van der Waals surface area contributed by atoms with Crippen LogP contribution in [0.4, 0.5) is 10.5 Å². The average Bonchev–Trinajstić information content (AvgIpc) is 2.45. The number of hydrazine groups is 1. The number of carbonyl (C=O) groups excluding carboxylic acids is 1. The van der Waals surface area contributed by atoms with Crippen molar-refractivity contribution in [2.75, 3.05) is 5.43 Å². The van der Waals surface area contributed by atoms with Crippen molar-refractivity contribution in [2.45, 2.75) is 6.61 Å². The summed E-state index contributed by atoms with van der Waals surface area (Å²) in [6.45, 7) is 0.253. The highest BCUT2D eigenvalue weighted by molar-refractivity contribution is 5.69. The SMILES string of the molecule is O=C(NNc1ccccc1)OCc1ccccc1. The summed E-state index contributed by atoms with van der Waals surface area (Å²) in [5, 5.41) is 0. The molecule has 0 saturated heterocycles. The highest BCUT2D eigenvalue weighted by Crippen LogP contribution is 2.03. The molecule has 0 unspecified atom stereocenters. The van der Waals surface area contributed by atoms with Gasteiger partial charge in [0, 0.05) is 0 Å². The Morgan fingerprint density at radius 3 is 2.22 bits per heavy atom. The van der Waals surface area contributed by atoms with Crippen LogP contribution in [0.25, 0.3) is 0 Å². The van der Waals surface area contributed by atoms with Gasteiger partial charge in [-0.15, -0.1) is 0 Å². The van der Waals surface area contributed by atoms with Gasteiger partial charge >= 0.3 is 6.09 Å². The van der Waals surface area contributed by atoms with Crippen LogP contribution in [-0.4, -0.2) is 6.09 Å². The number of amides is 1. The van der Waals surface area contributed by atoms with Crippen molar-refractivity contribution < 1.29 is 9.53 Å². The number of carbonyl (C=O) groups is 1. The summed E-state index contributed by atoms with van der Waals surface area (Å²) in [4.78, 5) is 11.4. The van der Waals surface area contributed by atoms with Crippen LogP contribution in [-0.2, 0) is 11.3 Å². The summed E-state index contributed by atoms with van der Waals surface area (Å²) in [6.07, 6.45) is -0.511. The zero-order valence-corrected chi connectivity index (χ0v) is 9.80. The molecule has 0 aliphatic heterocycles. The minimum Gasteiger partial charge on any atom is -0.443 e. The molecule has 2 rings (SSSR count). The molecule has 0 spiro atoms. The van der Waals surface area contributed by atoms with E-state index in [-0.39, 0.29) is 6.61 Å². The molecule has 2 aromatic rings. The van der Waals surface area contributed by atoms with Crippen LogP contribution >= 0.6 is 0 Å². The largest absolute Gasteiger partial charge is 0.443 e. The predicted molar refractivity (Wildman–Crippen MR) is 69.8 cm³/mol. The van der Waals surface area contributed by atoms with E-state index in [4.69, 9.17) is 4.74 Å². The molecule has 0 aliphatic carbocycles. The maximum absolute atomic E-state index is 11.4. The Balaban J connectivity index is 1.73. The normalized spacial score (nSPS) is 9.56. The molecular formula is C14H14N2O2. The standard InChI is InChI=1S/C14H14N2O2/c17-14(16-15-13-9-5-2-6-10-13)18-11-12-7-3-1-4-8-12/h1-10,15H,11H2,(H,16,17). The molecule has 0 radical (unpaired) electrons. The lowest BCUT2D eigenvalue weighted by Gasteiger charge is -2.09. The molecule has 0 aromatic heterocycles. The molecule has 4 heteroatoms. The third-order valence-corrected chi connectivity index (χ3v) is 2.30. The van der Waals surface area contributed by atoms with Gasteiger partial charge in [-0.3, -0.25) is 5.43 Å². The van der Waals surface area contributed by atoms with Gasteiger partial charge in [0.05, 0.1) is 5.69 Å². The summed E-state index contributed by atoms with van der Waals surface area (Å²) in [5.41, 5.74) is 6.97. The lowest BCUT2D eigenvalue weighted by atomic mass is 10.2. The van der Waals surface area contributed by atoms with Gasteiger partial charge in [0.25, 0.3) is 0 Å². The Labute approximate surface area is 106 Å². The van der Waals surface area contributed by atoms with Crippen molar-refractivity contribution in [3.05, 3.63) is 66.2 Å². The molecule has 2 aromatic carbocycles. The third kappa shape index (κ3) is 3.83. The minimum absolute atomic E-state index is 0.253. The molecule has 2 N–H and O–H groups in total. The Bertz CT molecular complexity index is 440. The van der Waals surface area contributed by atoms with Gasteiger partial charge < -0.3 is 4.74 Å². The summed E-state index contributed by atoms with van der Waals surface area (Å²) in [5.74, 6) is 0. The van der Waals surface area contributed by atoms with Gasteiger partial charge in [-0.1, -0.05) is 48.5 Å². The van der Waals surface area contributed by atoms with Crippen molar-refractivity contribution in [3.63, 3.8) is 0 Å². The van der Waals surface area contributed by atoms with Crippen LogP contribution in [0, 0.1) is 0 Å². The third-order valence-electron chi connectivity index (χ3n) is 2.30. The number of para-hydroxylation sites is 1. The first kappa shape index (κ1) is 12.0. The molecule has 0 aliphatic rings. The zero-order valence-electron chi connectivity index (χ0n) is 9.80. The molecule has 0 saturated carbocycles. The zero-order chi connectivity index (χ0) is 12.6. The van der Waals surface area contributed by atoms with E-state index in [1.165, 1.54) is 0 Å². The minimum atomic E-state index is -0.511. The van der Waals surface area contributed by atoms with E-state index < -0.39 is 6.09 Å². The lowest BCUT2D eigenvalue weighted by molar-refractivity contribution is 0.142. The highest BCUT2D eigenvalue weighted by Gasteiger charge is 2.01. The summed E-state index contributed by atoms with van der Waals surface area (Å²) in [6, 6.07) is 18.9. The Morgan fingerprint density at radius 1 is 0.944 bits per heavy atom. The summed E-state index contributed by atoms with van der Waals surface area (Å²) in [7, 11) is 0. The second-order valence-electron chi connectivity index (χ2n) is 3.68. The maximum atomic E-state index is 11.4. The quantitative estimate of drug-likeness (QED) is 0.810. The van der Waals surface area contributed by atoms with Gasteiger partial charge in [0.15, 0.2) is 0 Å². The molecule has 18 heavy (non-hydrogen) atoms. The number of anilines is 1. The highest BCUT2D eigenvalue weighted by atomic mass is 16.6. The number of nitrogens with one attached hydrogen (secondary N) is 2. The van der Waals surface area contributed by atoms with Crippen molar-refractivity contribution in [1.82, 2.24) is 5.43 Å². The molecule has 1 amide bonds. The second-order valence-corrected chi connectivity index (χ2v) is 3.68. The van der Waals surface area contributed by atoms with Crippen LogP contribution < -0.4 is 10.9 Å². The number of hydrogen-bond acceptors (Lipinski definition) is 3. The lowest BCUT2D eigenvalue weighted by Crippen LogP contribution is -2.29. The second kappa shape index (κ2) is 6.30. The predicted octanol–water partition coefficient (Wildman–Crippen LogP) is 2.94. The molecular weight excluding hydrogens is 228 g/mol. The van der Waals surface area contributed by atoms with Crippen LogP contribution in [0.3, 0.4) is 0 Å². The number of benzene rings is 2. The van der Waals surface area contributed by atoms with Crippen LogP contribution in [0.15, 0.2) is 60.7 Å². The first-order valence-electron chi connectivity index (χ1n) is 5.62. The van der Waals surface area contributed by atoms with E-state index in [1.54, 1.807) is 0 Å². The molecule has 0 bridgehead atoms. The summed E-state index contributed by atoms with van der Waals surface area (Å²) >= 11 is 0. The van der Waals surface area contributed by atoms with Crippen LogP contribution in [0.1, 0.15) is 5.56 Å². The Morgan fingerprint density at radius 2 is 1.56 bits per heavy atom. The van der Waals surface area contributed by atoms with E-state index in [0.29, 0.717) is 0 Å². The number of ether oxygens (including phenoxy) is 1. The fourth-order valence-electron chi connectivity index (χ4n) is 1.40. The van der Waals surface area contributed by atoms with Gasteiger partial charge in [0.1, 0.15) is 6.61 Å². The summed E-state index contributed by atoms with van der Waals surface area (Å²) < 4.78 is 5.04. The molecule has 0 fully saturated rings. The monoisotopic (exact) mass is 242 g/mol. The fraction of sp³-hybridized carbons (Fsp3) is 0.0714. The first-order valence-corrected chi connectivity index (χ1v) is 5.62. The van der Waals surface area contributed by atoms with E-state index in [2.05, 4.69) is 10.9 Å². The van der Waals surface area contributed by atoms with Crippen molar-refractivity contribution in [3.8, 4) is 0 Å². The van der Waals surface area contributed by atoms with Gasteiger partial charge in [-0.25, -0.2) is 10.2 Å². The molecule has 0 atom stereocenters. The van der Waals surface area contributed by atoms with Crippen LogP contribution in [0.5, 0.6) is 0 Å². The number of hydrogen-bond donors (Lipinski definition) is 2. The van der Waals surface area contributed by atoms with Crippen LogP contribution in [0.2, 0.25) is 0 Å². The maximum Gasteiger partial charge on any atom is 0.426 e. The molecule has 92 valence electrons. The topological polar surface area (TPSA) is 50.4 Å². The molecule has 0 heterocycles. The smallest absolute Gasteiger partial charge is 0.426 e. The van der Waals surface area contributed by atoms with Gasteiger partial charge in [-0.05, 0) is 17.7 Å². The average molecular weight is 242 g/mol. The Hall–Kier alpha value is -2.49. The molecule has 4 nitrogen and oxygen atoms in total. The van der Waals surface area contributed by atoms with Crippen molar-refractivity contribution >= 4 is 11.8 Å². The van der Waals surface area contributed by atoms with E-state index in [1.807, 2.05) is 60.7 Å². The van der Waals surface area contributed by atoms with Crippen molar-refractivity contribution in [1.29, 1.82) is 0 Å². The van der Waals surface area contributed by atoms with Crippen molar-refractivity contribution in [2.24, 2.45) is 0 Å². The van der Waals surface area contributed by atoms with Gasteiger partial charge in [0.2, 0.25) is 0 Å². The Kier molecular flexibility index (Phi) is 4.19. The van der Waals surface area contributed by atoms with Gasteiger partial charge in [-0.2, -0.15) is 0 Å². The number of rotatable bonds is 4. The fourth-order valence-corrected chi connectivity index (χ4v) is 1.40. The van der Waals surface area contributed by atoms with E-state index in [0.717, 1.165) is 11.3 Å². The van der Waals surface area contributed by atoms with E-state index in [9.17, 15) is 4.79 Å².